The molecule has 11 heteroatoms. The average molecular weight is 441 g/mol. The van der Waals surface area contributed by atoms with E-state index >= 15 is 0 Å². The number of rotatable bonds is 21. The van der Waals surface area contributed by atoms with Gasteiger partial charge in [-0.15, -0.1) is 11.8 Å². The van der Waals surface area contributed by atoms with Gasteiger partial charge in [-0.2, -0.15) is 11.8 Å². The van der Waals surface area contributed by atoms with Crippen LogP contribution in [0.25, 0.3) is 0 Å². The van der Waals surface area contributed by atoms with Gasteiger partial charge >= 0.3 is 0 Å². The molecule has 0 saturated heterocycles. The average Bonchev–Trinajstić information content (AvgIpc) is 2.71. The van der Waals surface area contributed by atoms with E-state index in [4.69, 9.17) is 18.9 Å². The van der Waals surface area contributed by atoms with Crippen molar-refractivity contribution in [3.05, 3.63) is 0 Å². The summed E-state index contributed by atoms with van der Waals surface area (Å²) in [5.41, 5.74) is 0. The lowest BCUT2D eigenvalue weighted by Gasteiger charge is -2.07. The number of carbonyl (C=O) groups is 3. The Morgan fingerprint density at radius 3 is 1.79 bits per heavy atom. The van der Waals surface area contributed by atoms with Gasteiger partial charge in [0.05, 0.1) is 65.2 Å². The van der Waals surface area contributed by atoms with E-state index in [0.29, 0.717) is 70.1 Å². The van der Waals surface area contributed by atoms with Crippen molar-refractivity contribution in [2.45, 2.75) is 0 Å². The number of nitrogens with one attached hydrogen (secondary N) is 2. The first-order valence-electron chi connectivity index (χ1n) is 9.08. The van der Waals surface area contributed by atoms with Crippen LogP contribution in [0.4, 0.5) is 0 Å². The van der Waals surface area contributed by atoms with Crippen molar-refractivity contribution in [2.24, 2.45) is 0 Å². The van der Waals surface area contributed by atoms with Gasteiger partial charge in [0.25, 0.3) is 0 Å². The molecule has 0 spiro atoms. The summed E-state index contributed by atoms with van der Waals surface area (Å²) in [5, 5.41) is 4.96. The van der Waals surface area contributed by atoms with E-state index in [1.54, 1.807) is 11.8 Å². The molecule has 0 heterocycles. The van der Waals surface area contributed by atoms with Crippen LogP contribution in [0.5, 0.6) is 0 Å². The van der Waals surface area contributed by atoms with Crippen molar-refractivity contribution in [1.29, 1.82) is 0 Å². The van der Waals surface area contributed by atoms with Crippen molar-refractivity contribution in [3.8, 4) is 0 Å². The van der Waals surface area contributed by atoms with Gasteiger partial charge in [-0.25, -0.2) is 0 Å². The lowest BCUT2D eigenvalue weighted by molar-refractivity contribution is -0.124. The van der Waals surface area contributed by atoms with Gasteiger partial charge < -0.3 is 34.4 Å². The number of amides is 2. The monoisotopic (exact) mass is 440 g/mol. The van der Waals surface area contributed by atoms with E-state index in [9.17, 15) is 14.4 Å². The molecule has 0 radical (unpaired) electrons. The first-order chi connectivity index (χ1) is 13.7. The minimum atomic E-state index is -0.220. The highest BCUT2D eigenvalue weighted by Crippen LogP contribution is 1.99. The Balaban J connectivity index is 3.13. The van der Waals surface area contributed by atoms with E-state index < -0.39 is 0 Å². The van der Waals surface area contributed by atoms with Crippen LogP contribution in [0.3, 0.4) is 0 Å². The van der Waals surface area contributed by atoms with Crippen LogP contribution < -0.4 is 10.6 Å². The van der Waals surface area contributed by atoms with E-state index in [1.807, 2.05) is 0 Å². The van der Waals surface area contributed by atoms with E-state index in [2.05, 4.69) is 10.6 Å². The molecule has 0 aromatic carbocycles. The molecule has 0 aliphatic rings. The number of hydrogen-bond acceptors (Lipinski definition) is 9. The topological polar surface area (TPSA) is 112 Å². The van der Waals surface area contributed by atoms with Crippen molar-refractivity contribution in [1.82, 2.24) is 10.6 Å². The first-order valence-corrected chi connectivity index (χ1v) is 11.4. The van der Waals surface area contributed by atoms with Crippen LogP contribution in [0.2, 0.25) is 0 Å². The third-order valence-electron chi connectivity index (χ3n) is 3.00. The van der Waals surface area contributed by atoms with Crippen LogP contribution >= 0.6 is 23.5 Å². The summed E-state index contributed by atoms with van der Waals surface area (Å²) in [7, 11) is 1.52. The second kappa shape index (κ2) is 22.4. The van der Waals surface area contributed by atoms with Crippen LogP contribution in [-0.2, 0) is 33.3 Å². The summed E-state index contributed by atoms with van der Waals surface area (Å²) in [6.07, 6.45) is 0.886. The molecule has 0 atom stereocenters. The molecule has 164 valence electrons. The lowest BCUT2D eigenvalue weighted by atomic mass is 10.5. The van der Waals surface area contributed by atoms with E-state index in [1.165, 1.54) is 18.8 Å². The maximum absolute atomic E-state index is 11.4. The quantitative estimate of drug-likeness (QED) is 0.181. The number of aldehydes is 1. The predicted molar refractivity (Wildman–Crippen MR) is 111 cm³/mol. The van der Waals surface area contributed by atoms with Gasteiger partial charge in [-0.05, 0) is 0 Å². The number of likely N-dealkylation sites (N-methyl/N-ethyl adjacent to an activating group) is 1. The largest absolute Gasteiger partial charge is 0.378 e. The molecule has 0 fully saturated rings. The smallest absolute Gasteiger partial charge is 0.239 e. The summed E-state index contributed by atoms with van der Waals surface area (Å²) in [4.78, 5) is 32.5. The highest BCUT2D eigenvalue weighted by Gasteiger charge is 2.03. The van der Waals surface area contributed by atoms with E-state index in [0.717, 1.165) is 12.0 Å². The molecular formula is C17H32N2O7S2. The Morgan fingerprint density at radius 1 is 0.786 bits per heavy atom. The Kier molecular flexibility index (Phi) is 21.8. The van der Waals surface area contributed by atoms with Crippen molar-refractivity contribution in [2.75, 3.05) is 89.5 Å². The van der Waals surface area contributed by atoms with Gasteiger partial charge in [0.1, 0.15) is 6.29 Å². The molecule has 0 aliphatic carbocycles. The zero-order valence-electron chi connectivity index (χ0n) is 16.4. The Hall–Kier alpha value is -0.850. The second-order valence-electron chi connectivity index (χ2n) is 5.19. The second-order valence-corrected chi connectivity index (χ2v) is 7.45. The maximum atomic E-state index is 11.4. The van der Waals surface area contributed by atoms with Crippen LogP contribution in [0, 0.1) is 0 Å². The molecule has 28 heavy (non-hydrogen) atoms. The fourth-order valence-corrected chi connectivity index (χ4v) is 2.78. The molecule has 2 N–H and O–H groups in total. The van der Waals surface area contributed by atoms with Crippen molar-refractivity contribution >= 4 is 41.6 Å². The fraction of sp³-hybridized carbons (Fsp3) is 0.824. The highest BCUT2D eigenvalue weighted by molar-refractivity contribution is 8.00. The van der Waals surface area contributed by atoms with Gasteiger partial charge in [0, 0.05) is 24.3 Å². The minimum Gasteiger partial charge on any atom is -0.378 e. The molecule has 0 bridgehead atoms. The number of ether oxygens (including phenoxy) is 4. The highest BCUT2D eigenvalue weighted by atomic mass is 32.2. The molecule has 0 rings (SSSR count). The Bertz CT molecular complexity index is 404. The number of thioether (sulfide) groups is 2. The lowest BCUT2D eigenvalue weighted by Crippen LogP contribution is -2.36. The molecule has 2 amide bonds. The van der Waals surface area contributed by atoms with Crippen LogP contribution in [-0.4, -0.2) is 108 Å². The van der Waals surface area contributed by atoms with Crippen LogP contribution in [0.1, 0.15) is 0 Å². The maximum Gasteiger partial charge on any atom is 0.239 e. The first kappa shape index (κ1) is 27.1. The Morgan fingerprint density at radius 2 is 1.29 bits per heavy atom. The van der Waals surface area contributed by atoms with Gasteiger partial charge in [-0.3, -0.25) is 9.59 Å². The third-order valence-corrected chi connectivity index (χ3v) is 4.75. The predicted octanol–water partition coefficient (Wildman–Crippen LogP) is -0.420. The van der Waals surface area contributed by atoms with Gasteiger partial charge in [-0.1, -0.05) is 0 Å². The molecule has 0 aromatic rings. The summed E-state index contributed by atoms with van der Waals surface area (Å²) in [5.74, 6) is 1.93. The molecule has 0 saturated carbocycles. The minimum absolute atomic E-state index is 0.00209. The SMILES string of the molecule is CNC(=O)CNC(=O)CSCCOCCOCCOCCOCCSCC=O. The number of hydrogen-bond donors (Lipinski definition) is 2. The summed E-state index contributed by atoms with van der Waals surface area (Å²) in [6.45, 7) is 4.20. The molecular weight excluding hydrogens is 408 g/mol. The molecule has 0 aliphatic heterocycles. The summed E-state index contributed by atoms with van der Waals surface area (Å²) >= 11 is 2.99. The fourth-order valence-electron chi connectivity index (χ4n) is 1.61. The standard InChI is InChI=1S/C17H32N2O7S2/c1-18-16(21)14-19-17(22)15-28-13-10-26-8-6-24-4-3-23-5-7-25-9-12-27-11-2-20/h2H,3-15H2,1H3,(H,18,21)(H,19,22). The van der Waals surface area contributed by atoms with Crippen molar-refractivity contribution < 1.29 is 33.3 Å². The third kappa shape index (κ3) is 21.5. The zero-order valence-corrected chi connectivity index (χ0v) is 18.1. The number of carbonyl (C=O) groups excluding carboxylic acids is 3. The van der Waals surface area contributed by atoms with Crippen molar-refractivity contribution in [3.63, 3.8) is 0 Å². The normalized spacial score (nSPS) is 10.6. The van der Waals surface area contributed by atoms with Crippen LogP contribution in [0.15, 0.2) is 0 Å². The zero-order chi connectivity index (χ0) is 20.7. The molecule has 0 unspecified atom stereocenters. The Labute approximate surface area is 175 Å². The van der Waals surface area contributed by atoms with E-state index in [-0.39, 0.29) is 18.4 Å². The molecule has 0 aromatic heterocycles. The van der Waals surface area contributed by atoms with Gasteiger partial charge in [0.2, 0.25) is 11.8 Å². The van der Waals surface area contributed by atoms with Gasteiger partial charge in [0.15, 0.2) is 0 Å². The molecule has 9 nitrogen and oxygen atoms in total. The summed E-state index contributed by atoms with van der Waals surface area (Å²) in [6, 6.07) is 0. The summed E-state index contributed by atoms with van der Waals surface area (Å²) < 4.78 is 21.5.